The number of ether oxygens (including phenoxy) is 2. The summed E-state index contributed by atoms with van der Waals surface area (Å²) in [5.74, 6) is 1.50. The summed E-state index contributed by atoms with van der Waals surface area (Å²) in [5.41, 5.74) is 8.86. The van der Waals surface area contributed by atoms with Crippen LogP contribution in [-0.4, -0.2) is 12.3 Å². The molecule has 0 unspecified atom stereocenters. The minimum Gasteiger partial charge on any atom is -0.454 e. The van der Waals surface area contributed by atoms with Crippen molar-refractivity contribution in [1.29, 1.82) is 0 Å². The van der Waals surface area contributed by atoms with Crippen LogP contribution < -0.4 is 9.47 Å². The van der Waals surface area contributed by atoms with Gasteiger partial charge in [-0.15, -0.1) is 0 Å². The van der Waals surface area contributed by atoms with Gasteiger partial charge in [0.15, 0.2) is 11.5 Å². The molecule has 0 spiro atoms. The lowest BCUT2D eigenvalue weighted by Crippen LogP contribution is -2.10. The van der Waals surface area contributed by atoms with Crippen LogP contribution in [0.2, 0.25) is 0 Å². The lowest BCUT2D eigenvalue weighted by Gasteiger charge is -2.10. The van der Waals surface area contributed by atoms with Gasteiger partial charge in [-0.3, -0.25) is 0 Å². The van der Waals surface area contributed by atoms with Crippen molar-refractivity contribution in [3.8, 4) is 11.5 Å². The summed E-state index contributed by atoms with van der Waals surface area (Å²) in [6.07, 6.45) is 3.75. The molecule has 0 saturated heterocycles. The Morgan fingerprint density at radius 2 is 2.12 bits per heavy atom. The van der Waals surface area contributed by atoms with E-state index in [0.29, 0.717) is 0 Å². The van der Waals surface area contributed by atoms with Gasteiger partial charge in [0.05, 0.1) is 5.54 Å². The van der Waals surface area contributed by atoms with Crippen molar-refractivity contribution in [3.05, 3.63) is 40.3 Å². The van der Waals surface area contributed by atoms with Gasteiger partial charge in [-0.2, -0.15) is 0 Å². The van der Waals surface area contributed by atoms with Crippen molar-refractivity contribution in [2.24, 2.45) is 5.11 Å². The van der Waals surface area contributed by atoms with E-state index in [-0.39, 0.29) is 6.79 Å². The van der Waals surface area contributed by atoms with Crippen LogP contribution in [0.3, 0.4) is 0 Å². The quantitative estimate of drug-likeness (QED) is 0.453. The standard InChI is InChI=1S/C12H13N3O2/c1-12(2,14-15-13)6-5-9-3-4-10-11(7-9)17-8-16-10/h3-7H,8H2,1-2H3/b6-5+. The zero-order chi connectivity index (χ0) is 12.3. The van der Waals surface area contributed by atoms with Crippen molar-refractivity contribution >= 4 is 6.08 Å². The maximum Gasteiger partial charge on any atom is 0.231 e. The van der Waals surface area contributed by atoms with Crippen molar-refractivity contribution in [1.82, 2.24) is 0 Å². The van der Waals surface area contributed by atoms with E-state index >= 15 is 0 Å². The van der Waals surface area contributed by atoms with Crippen molar-refractivity contribution in [3.63, 3.8) is 0 Å². The zero-order valence-corrected chi connectivity index (χ0v) is 9.75. The molecular formula is C12H13N3O2. The van der Waals surface area contributed by atoms with Crippen molar-refractivity contribution < 1.29 is 9.47 Å². The Morgan fingerprint density at radius 3 is 2.88 bits per heavy atom. The molecule has 17 heavy (non-hydrogen) atoms. The fourth-order valence-electron chi connectivity index (χ4n) is 1.47. The summed E-state index contributed by atoms with van der Waals surface area (Å²) in [6, 6.07) is 5.68. The first-order valence-corrected chi connectivity index (χ1v) is 5.26. The first kappa shape index (κ1) is 11.4. The molecule has 1 aromatic rings. The predicted octanol–water partition coefficient (Wildman–Crippen LogP) is 3.52. The zero-order valence-electron chi connectivity index (χ0n) is 9.75. The van der Waals surface area contributed by atoms with Crippen molar-refractivity contribution in [2.75, 3.05) is 6.79 Å². The third-order valence-corrected chi connectivity index (χ3v) is 2.38. The summed E-state index contributed by atoms with van der Waals surface area (Å²) >= 11 is 0. The molecule has 88 valence electrons. The largest absolute Gasteiger partial charge is 0.454 e. The van der Waals surface area contributed by atoms with E-state index in [1.54, 1.807) is 0 Å². The molecule has 0 saturated carbocycles. The Morgan fingerprint density at radius 1 is 1.35 bits per heavy atom. The number of nitrogens with zero attached hydrogens (tertiary/aromatic N) is 3. The molecule has 1 aliphatic heterocycles. The molecule has 0 bridgehead atoms. The molecule has 0 aromatic heterocycles. The van der Waals surface area contributed by atoms with Gasteiger partial charge in [-0.05, 0) is 23.2 Å². The van der Waals surface area contributed by atoms with E-state index in [4.69, 9.17) is 15.0 Å². The Bertz CT molecular complexity index is 502. The van der Waals surface area contributed by atoms with Crippen LogP contribution in [0.15, 0.2) is 29.4 Å². The molecule has 1 aromatic carbocycles. The average molecular weight is 231 g/mol. The van der Waals surface area contributed by atoms with Gasteiger partial charge in [-0.25, -0.2) is 0 Å². The summed E-state index contributed by atoms with van der Waals surface area (Å²) in [4.78, 5) is 2.81. The SMILES string of the molecule is CC(C)(/C=C/c1ccc2c(c1)OCO2)N=[N+]=[N-]. The highest BCUT2D eigenvalue weighted by atomic mass is 16.7. The normalized spacial score (nSPS) is 13.8. The van der Waals surface area contributed by atoms with Gasteiger partial charge in [-0.1, -0.05) is 37.2 Å². The van der Waals surface area contributed by atoms with E-state index in [1.807, 2.05) is 44.2 Å². The molecule has 5 nitrogen and oxygen atoms in total. The second kappa shape index (κ2) is 4.39. The highest BCUT2D eigenvalue weighted by Crippen LogP contribution is 2.33. The minimum atomic E-state index is -0.537. The molecule has 0 aliphatic carbocycles. The molecule has 0 radical (unpaired) electrons. The van der Waals surface area contributed by atoms with Crippen LogP contribution in [0.1, 0.15) is 19.4 Å². The molecule has 5 heteroatoms. The number of hydrogen-bond acceptors (Lipinski definition) is 3. The lowest BCUT2D eigenvalue weighted by atomic mass is 10.0. The third kappa shape index (κ3) is 2.71. The number of benzene rings is 1. The molecule has 1 heterocycles. The summed E-state index contributed by atoms with van der Waals surface area (Å²) in [6.45, 7) is 3.96. The van der Waals surface area contributed by atoms with Crippen LogP contribution >= 0.6 is 0 Å². The average Bonchev–Trinajstić information content (AvgIpc) is 2.73. The van der Waals surface area contributed by atoms with E-state index in [2.05, 4.69) is 10.0 Å². The molecule has 1 aliphatic rings. The van der Waals surface area contributed by atoms with Crippen molar-refractivity contribution in [2.45, 2.75) is 19.4 Å². The summed E-state index contributed by atoms with van der Waals surface area (Å²) in [5, 5.41) is 3.68. The Kier molecular flexibility index (Phi) is 2.93. The van der Waals surface area contributed by atoms with Crippen LogP contribution in [-0.2, 0) is 0 Å². The second-order valence-electron chi connectivity index (χ2n) is 4.29. The first-order chi connectivity index (χ1) is 8.11. The van der Waals surface area contributed by atoms with Gasteiger partial charge in [0.25, 0.3) is 0 Å². The molecule has 2 rings (SSSR count). The lowest BCUT2D eigenvalue weighted by molar-refractivity contribution is 0.174. The van der Waals surface area contributed by atoms with Gasteiger partial charge >= 0.3 is 0 Å². The Hall–Kier alpha value is -2.13. The first-order valence-electron chi connectivity index (χ1n) is 5.26. The van der Waals surface area contributed by atoms with E-state index in [9.17, 15) is 0 Å². The smallest absolute Gasteiger partial charge is 0.231 e. The number of rotatable bonds is 3. The predicted molar refractivity (Wildman–Crippen MR) is 64.8 cm³/mol. The van der Waals surface area contributed by atoms with E-state index in [1.165, 1.54) is 0 Å². The Labute approximate surface area is 99.3 Å². The second-order valence-corrected chi connectivity index (χ2v) is 4.29. The number of azide groups is 1. The van der Waals surface area contributed by atoms with Gasteiger partial charge in [0, 0.05) is 4.91 Å². The van der Waals surface area contributed by atoms with Crippen LogP contribution in [0.5, 0.6) is 11.5 Å². The molecule has 0 N–H and O–H groups in total. The molecule has 0 fully saturated rings. The van der Waals surface area contributed by atoms with Gasteiger partial charge < -0.3 is 9.47 Å². The van der Waals surface area contributed by atoms with Crippen LogP contribution in [0.4, 0.5) is 0 Å². The summed E-state index contributed by atoms with van der Waals surface area (Å²) in [7, 11) is 0. The minimum absolute atomic E-state index is 0.271. The Balaban J connectivity index is 2.19. The fourth-order valence-corrected chi connectivity index (χ4v) is 1.47. The topological polar surface area (TPSA) is 67.2 Å². The monoisotopic (exact) mass is 231 g/mol. The fraction of sp³-hybridized carbons (Fsp3) is 0.333. The van der Waals surface area contributed by atoms with Gasteiger partial charge in [0.1, 0.15) is 0 Å². The molecule has 0 atom stereocenters. The molecular weight excluding hydrogens is 218 g/mol. The van der Waals surface area contributed by atoms with Crippen LogP contribution in [0, 0.1) is 0 Å². The number of hydrogen-bond donors (Lipinski definition) is 0. The molecule has 0 amide bonds. The van der Waals surface area contributed by atoms with Crippen LogP contribution in [0.25, 0.3) is 16.5 Å². The summed E-state index contributed by atoms with van der Waals surface area (Å²) < 4.78 is 10.5. The van der Waals surface area contributed by atoms with Gasteiger partial charge in [0.2, 0.25) is 6.79 Å². The maximum atomic E-state index is 8.41. The maximum absolute atomic E-state index is 8.41. The number of fused-ring (bicyclic) bond motifs is 1. The third-order valence-electron chi connectivity index (χ3n) is 2.38. The highest BCUT2D eigenvalue weighted by Gasteiger charge is 2.13. The van der Waals surface area contributed by atoms with E-state index < -0.39 is 5.54 Å². The highest BCUT2D eigenvalue weighted by molar-refractivity contribution is 5.57. The van der Waals surface area contributed by atoms with E-state index in [0.717, 1.165) is 17.1 Å².